The number of nitrogens with one attached hydrogen (secondary N) is 1. The highest BCUT2D eigenvalue weighted by Gasteiger charge is 2.40. The Morgan fingerprint density at radius 3 is 2.32 bits per heavy atom. The Morgan fingerprint density at radius 1 is 1.18 bits per heavy atom. The van der Waals surface area contributed by atoms with E-state index < -0.39 is 30.3 Å². The Labute approximate surface area is 166 Å². The van der Waals surface area contributed by atoms with Crippen LogP contribution in [0.3, 0.4) is 0 Å². The van der Waals surface area contributed by atoms with E-state index in [1.54, 1.807) is 0 Å². The highest BCUT2D eigenvalue weighted by molar-refractivity contribution is 5.73. The SMILES string of the molecule is CO[C@H]1O[C@H](COCCOCCOCCO)C(OC(C)(C)[O-])C[C@H]1NC(C)=O. The minimum atomic E-state index is -1.61. The van der Waals surface area contributed by atoms with E-state index in [2.05, 4.69) is 5.32 Å². The third-order valence-electron chi connectivity index (χ3n) is 3.86. The summed E-state index contributed by atoms with van der Waals surface area (Å²) in [5.41, 5.74) is 0. The van der Waals surface area contributed by atoms with Crippen molar-refractivity contribution in [3.8, 4) is 0 Å². The summed E-state index contributed by atoms with van der Waals surface area (Å²) < 4.78 is 32.8. The molecule has 0 aliphatic carbocycles. The first-order valence-corrected chi connectivity index (χ1v) is 9.44. The molecule has 0 aromatic carbocycles. The van der Waals surface area contributed by atoms with E-state index in [0.717, 1.165) is 0 Å². The molecule has 10 nitrogen and oxygen atoms in total. The predicted molar refractivity (Wildman–Crippen MR) is 96.4 cm³/mol. The van der Waals surface area contributed by atoms with Gasteiger partial charge in [0.15, 0.2) is 6.29 Å². The molecule has 1 saturated heterocycles. The number of aliphatic hydroxyl groups excluding tert-OH is 1. The van der Waals surface area contributed by atoms with Crippen molar-refractivity contribution < 1.29 is 43.4 Å². The fourth-order valence-electron chi connectivity index (χ4n) is 2.81. The zero-order chi connectivity index (χ0) is 21.0. The van der Waals surface area contributed by atoms with Crippen molar-refractivity contribution >= 4 is 5.91 Å². The number of ether oxygens (including phenoxy) is 6. The van der Waals surface area contributed by atoms with Crippen LogP contribution in [0.1, 0.15) is 27.2 Å². The van der Waals surface area contributed by atoms with Crippen LogP contribution >= 0.6 is 0 Å². The quantitative estimate of drug-likeness (QED) is 0.268. The van der Waals surface area contributed by atoms with E-state index in [0.29, 0.717) is 32.8 Å². The minimum Gasteiger partial charge on any atom is -0.829 e. The zero-order valence-electron chi connectivity index (χ0n) is 17.2. The molecule has 0 aromatic rings. The summed E-state index contributed by atoms with van der Waals surface area (Å²) in [4.78, 5) is 11.4. The number of rotatable bonds is 14. The molecule has 2 N–H and O–H groups in total. The molecule has 1 fully saturated rings. The Bertz CT molecular complexity index is 430. The third-order valence-corrected chi connectivity index (χ3v) is 3.86. The number of methoxy groups -OCH3 is 1. The van der Waals surface area contributed by atoms with Gasteiger partial charge in [0.05, 0.1) is 58.4 Å². The van der Waals surface area contributed by atoms with Crippen LogP contribution in [-0.2, 0) is 33.2 Å². The molecule has 0 radical (unpaired) electrons. The Morgan fingerprint density at radius 2 is 1.79 bits per heavy atom. The van der Waals surface area contributed by atoms with Gasteiger partial charge in [-0.2, -0.15) is 0 Å². The van der Waals surface area contributed by atoms with Crippen molar-refractivity contribution in [2.45, 2.75) is 57.5 Å². The number of hydrogen-bond acceptors (Lipinski definition) is 9. The Hall–Kier alpha value is -0.850. The van der Waals surface area contributed by atoms with Gasteiger partial charge < -0.3 is 44.0 Å². The van der Waals surface area contributed by atoms with Crippen LogP contribution in [0.25, 0.3) is 0 Å². The first-order chi connectivity index (χ1) is 13.3. The summed E-state index contributed by atoms with van der Waals surface area (Å²) in [6, 6.07) is -0.423. The largest absolute Gasteiger partial charge is 0.829 e. The maximum absolute atomic E-state index is 12.0. The molecule has 1 unspecified atom stereocenters. The Balaban J connectivity index is 2.45. The average molecular weight is 408 g/mol. The Kier molecular flexibility index (Phi) is 12.0. The summed E-state index contributed by atoms with van der Waals surface area (Å²) in [6.45, 7) is 6.24. The van der Waals surface area contributed by atoms with Crippen LogP contribution in [0.5, 0.6) is 0 Å². The van der Waals surface area contributed by atoms with Crippen molar-refractivity contribution in [3.05, 3.63) is 0 Å². The summed E-state index contributed by atoms with van der Waals surface area (Å²) >= 11 is 0. The molecule has 0 spiro atoms. The average Bonchev–Trinajstić information content (AvgIpc) is 2.60. The standard InChI is InChI=1S/C18H34NO9/c1-13(21)19-14-11-15(28-18(2,3)22)16(27-17(14)23-4)12-26-10-9-25-8-7-24-6-5-20/h14-17,20H,5-12H2,1-4H3,(H,19,21)/q-1/t14-,15?,16-,17+/m1/s1. The summed E-state index contributed by atoms with van der Waals surface area (Å²) in [5, 5.41) is 23.4. The number of carbonyl (C=O) groups excluding carboxylic acids is 1. The van der Waals surface area contributed by atoms with Gasteiger partial charge in [0.2, 0.25) is 5.91 Å². The van der Waals surface area contributed by atoms with Gasteiger partial charge in [-0.15, -0.1) is 0 Å². The first-order valence-electron chi connectivity index (χ1n) is 9.44. The maximum atomic E-state index is 12.0. The van der Waals surface area contributed by atoms with Crippen molar-refractivity contribution in [1.29, 1.82) is 0 Å². The molecule has 0 saturated carbocycles. The summed E-state index contributed by atoms with van der Waals surface area (Å²) in [5.74, 6) is -1.82. The van der Waals surface area contributed by atoms with Gasteiger partial charge in [-0.05, 0) is 5.79 Å². The van der Waals surface area contributed by atoms with Gasteiger partial charge in [0.1, 0.15) is 6.10 Å². The highest BCUT2D eigenvalue weighted by Crippen LogP contribution is 2.26. The lowest BCUT2D eigenvalue weighted by Gasteiger charge is -2.45. The van der Waals surface area contributed by atoms with Gasteiger partial charge in [0.25, 0.3) is 0 Å². The zero-order valence-corrected chi connectivity index (χ0v) is 17.2. The maximum Gasteiger partial charge on any atom is 0.217 e. The topological polar surface area (TPSA) is 128 Å². The first kappa shape index (κ1) is 25.2. The molecule has 0 aromatic heterocycles. The second-order valence-corrected chi connectivity index (χ2v) is 6.90. The van der Waals surface area contributed by atoms with Gasteiger partial charge in [0, 0.05) is 20.5 Å². The summed E-state index contributed by atoms with van der Waals surface area (Å²) in [6.07, 6.45) is -1.36. The lowest BCUT2D eigenvalue weighted by Crippen LogP contribution is -2.59. The smallest absolute Gasteiger partial charge is 0.217 e. The molecule has 0 bridgehead atoms. The second-order valence-electron chi connectivity index (χ2n) is 6.90. The van der Waals surface area contributed by atoms with Gasteiger partial charge in [-0.1, -0.05) is 13.8 Å². The minimum absolute atomic E-state index is 0.0147. The van der Waals surface area contributed by atoms with Gasteiger partial charge in [-0.3, -0.25) is 4.79 Å². The molecule has 1 rings (SSSR count). The molecule has 1 amide bonds. The lowest BCUT2D eigenvalue weighted by molar-refractivity contribution is -0.552. The van der Waals surface area contributed by atoms with Crippen molar-refractivity contribution in [3.63, 3.8) is 0 Å². The molecule has 4 atom stereocenters. The molecule has 10 heteroatoms. The normalized spacial score (nSPS) is 25.6. The predicted octanol–water partition coefficient (Wildman–Crippen LogP) is -1.22. The molecule has 166 valence electrons. The van der Waals surface area contributed by atoms with E-state index in [9.17, 15) is 9.90 Å². The van der Waals surface area contributed by atoms with Gasteiger partial charge >= 0.3 is 0 Å². The van der Waals surface area contributed by atoms with Crippen molar-refractivity contribution in [2.24, 2.45) is 0 Å². The van der Waals surface area contributed by atoms with Crippen molar-refractivity contribution in [1.82, 2.24) is 5.32 Å². The summed E-state index contributed by atoms with van der Waals surface area (Å²) in [7, 11) is 1.49. The second kappa shape index (κ2) is 13.4. The van der Waals surface area contributed by atoms with Crippen LogP contribution in [0, 0.1) is 0 Å². The molecule has 1 aliphatic rings. The van der Waals surface area contributed by atoms with Crippen LogP contribution < -0.4 is 10.4 Å². The van der Waals surface area contributed by atoms with Gasteiger partial charge in [-0.25, -0.2) is 0 Å². The van der Waals surface area contributed by atoms with Crippen LogP contribution in [-0.4, -0.2) is 94.7 Å². The lowest BCUT2D eigenvalue weighted by atomic mass is 10.00. The molecular formula is C18H34NO9-. The number of hydrogen-bond donors (Lipinski definition) is 2. The van der Waals surface area contributed by atoms with E-state index in [1.165, 1.54) is 27.9 Å². The monoisotopic (exact) mass is 408 g/mol. The van der Waals surface area contributed by atoms with Crippen molar-refractivity contribution in [2.75, 3.05) is 53.4 Å². The van der Waals surface area contributed by atoms with E-state index in [-0.39, 0.29) is 25.7 Å². The number of aliphatic hydroxyl groups is 1. The van der Waals surface area contributed by atoms with Crippen LogP contribution in [0.15, 0.2) is 0 Å². The number of carbonyl (C=O) groups is 1. The van der Waals surface area contributed by atoms with Crippen LogP contribution in [0.2, 0.25) is 0 Å². The van der Waals surface area contributed by atoms with Crippen LogP contribution in [0.4, 0.5) is 0 Å². The highest BCUT2D eigenvalue weighted by atomic mass is 16.7. The van der Waals surface area contributed by atoms with E-state index in [4.69, 9.17) is 33.5 Å². The fourth-order valence-corrected chi connectivity index (χ4v) is 2.81. The third kappa shape index (κ3) is 10.6. The van der Waals surface area contributed by atoms with E-state index >= 15 is 0 Å². The number of amides is 1. The fraction of sp³-hybridized carbons (Fsp3) is 0.944. The van der Waals surface area contributed by atoms with E-state index in [1.807, 2.05) is 0 Å². The molecule has 1 aliphatic heterocycles. The molecular weight excluding hydrogens is 374 g/mol. The molecule has 28 heavy (non-hydrogen) atoms. The molecule has 1 heterocycles.